The van der Waals surface area contributed by atoms with Crippen molar-refractivity contribution in [2.45, 2.75) is 52.4 Å². The van der Waals surface area contributed by atoms with E-state index in [2.05, 4.69) is 443 Å². The molecule has 0 unspecified atom stereocenters. The third-order valence-corrected chi connectivity index (χ3v) is 24.6. The van der Waals surface area contributed by atoms with Crippen LogP contribution in [0.25, 0.3) is 155 Å². The molecule has 0 N–H and O–H groups in total. The van der Waals surface area contributed by atoms with E-state index in [1.54, 1.807) is 0 Å². The zero-order chi connectivity index (χ0) is 77.7. The molecule has 0 atom stereocenters. The van der Waals surface area contributed by atoms with Gasteiger partial charge in [-0.1, -0.05) is 333 Å². The highest BCUT2D eigenvalue weighted by Crippen LogP contribution is 2.57. The van der Waals surface area contributed by atoms with Gasteiger partial charge in [0.05, 0.1) is 44.8 Å². The first-order valence-corrected chi connectivity index (χ1v) is 40.6. The van der Waals surface area contributed by atoms with Gasteiger partial charge in [-0.25, -0.2) is 0 Å². The summed E-state index contributed by atoms with van der Waals surface area (Å²) in [5.41, 5.74) is 36.1. The van der Waals surface area contributed by atoms with Crippen molar-refractivity contribution in [3.05, 3.63) is 393 Å². The van der Waals surface area contributed by atoms with Crippen LogP contribution >= 0.6 is 0 Å². The van der Waals surface area contributed by atoms with Gasteiger partial charge >= 0.3 is 0 Å². The van der Waals surface area contributed by atoms with Crippen LogP contribution in [0.1, 0.15) is 52.7 Å². The van der Waals surface area contributed by atoms with Crippen LogP contribution < -0.4 is 26.2 Å². The SMILES string of the molecule is CC(C)(C)c1cc(-c2ccccc2)c(N2c3cc4c5ccccc5n(-c5ccccc5-c5ccccc5)c4cc3B3c4cc5c(cc4N(c4c(-c6ccccc6)cc(C(C)(C)C)cc4-c4ccccc4)c4cc(-c6cccc7c6oc6ccccc67)cc2c43)c2ccccc2n5-c2ccccc2-c2ccccc2)c(-c2ccccc2)c1. The molecule has 0 aliphatic carbocycles. The molecule has 116 heavy (non-hydrogen) atoms. The van der Waals surface area contributed by atoms with Crippen molar-refractivity contribution in [2.75, 3.05) is 9.80 Å². The number of para-hydroxylation sites is 6. The fourth-order valence-electron chi connectivity index (χ4n) is 19.1. The molecule has 0 radical (unpaired) electrons. The summed E-state index contributed by atoms with van der Waals surface area (Å²) in [4.78, 5) is 5.47. The molecule has 5 heterocycles. The summed E-state index contributed by atoms with van der Waals surface area (Å²) in [6, 6.07) is 144. The van der Waals surface area contributed by atoms with Crippen LogP contribution in [0.15, 0.2) is 387 Å². The van der Waals surface area contributed by atoms with Crippen molar-refractivity contribution in [2.24, 2.45) is 0 Å². The summed E-state index contributed by atoms with van der Waals surface area (Å²) >= 11 is 0. The molecule has 20 aromatic rings. The van der Waals surface area contributed by atoms with E-state index in [1.165, 1.54) is 38.3 Å². The van der Waals surface area contributed by atoms with E-state index in [1.807, 2.05) is 0 Å². The predicted molar refractivity (Wildman–Crippen MR) is 492 cm³/mol. The third kappa shape index (κ3) is 10.9. The molecular weight excluding hydrogens is 1400 g/mol. The highest BCUT2D eigenvalue weighted by molar-refractivity contribution is 7.00. The zero-order valence-electron chi connectivity index (χ0n) is 65.6. The smallest absolute Gasteiger partial charge is 0.252 e. The number of anilines is 6. The van der Waals surface area contributed by atoms with Gasteiger partial charge in [0, 0.05) is 94.0 Å². The van der Waals surface area contributed by atoms with Crippen molar-refractivity contribution in [1.82, 2.24) is 9.13 Å². The lowest BCUT2D eigenvalue weighted by molar-refractivity contribution is 0.590. The fraction of sp³-hybridized carbons (Fsp3) is 0.0727. The van der Waals surface area contributed by atoms with Crippen LogP contribution in [0.3, 0.4) is 0 Å². The second kappa shape index (κ2) is 26.7. The van der Waals surface area contributed by atoms with Gasteiger partial charge in [0.1, 0.15) is 11.2 Å². The Morgan fingerprint density at radius 2 is 0.560 bits per heavy atom. The molecule has 0 saturated heterocycles. The maximum Gasteiger partial charge on any atom is 0.252 e. The first kappa shape index (κ1) is 68.6. The number of hydrogen-bond acceptors (Lipinski definition) is 3. The van der Waals surface area contributed by atoms with Crippen LogP contribution in [0.4, 0.5) is 34.1 Å². The molecule has 22 rings (SSSR count). The standard InChI is InChI=1S/C110H81BN4O/c1-109(2,3)77-62-86(72-40-17-9-18-41-72)106(87(63-77)73-42-19-10-20-43-73)114-100-66-90-82-50-27-32-57-96(82)112(94-55-30-25-48-79(94)70-36-13-7-14-37-70)98(90)68-92(100)111-93-69-99-91(83-51-28-33-58-97(83)113(99)95-56-31-26-49-80(95)71-38-15-8-16-39-71)67-101(93)115(103-61-76(60-102(114)105(103)111)81-53-35-54-85-84-52-29-34-59-104(84)116-108(81)85)107-88(74-44-21-11-22-45-74)64-78(110(4,5)6)65-89(107)75-46-23-12-24-47-75/h7-69H,1-6H3. The summed E-state index contributed by atoms with van der Waals surface area (Å²) < 4.78 is 12.5. The normalized spacial score (nSPS) is 12.7. The summed E-state index contributed by atoms with van der Waals surface area (Å²) in [6.07, 6.45) is 0. The number of nitrogens with zero attached hydrogens (tertiary/aromatic N) is 4. The Kier molecular flexibility index (Phi) is 15.8. The van der Waals surface area contributed by atoms with Crippen molar-refractivity contribution < 1.29 is 4.42 Å². The van der Waals surface area contributed by atoms with E-state index in [0.717, 1.165) is 178 Å². The highest BCUT2D eigenvalue weighted by atomic mass is 16.3. The average Bonchev–Trinajstić information content (AvgIpc) is 1.21. The molecule has 0 amide bonds. The Balaban J connectivity index is 0.984. The van der Waals surface area contributed by atoms with Gasteiger partial charge in [-0.3, -0.25) is 0 Å². The van der Waals surface area contributed by atoms with E-state index in [-0.39, 0.29) is 10.8 Å². The molecule has 2 aliphatic rings. The number of benzene rings is 17. The zero-order valence-corrected chi connectivity index (χ0v) is 65.6. The van der Waals surface area contributed by atoms with Crippen LogP contribution in [0, 0.1) is 0 Å². The maximum atomic E-state index is 7.32. The first-order valence-electron chi connectivity index (χ1n) is 40.6. The van der Waals surface area contributed by atoms with Crippen molar-refractivity contribution in [1.29, 1.82) is 0 Å². The first-order chi connectivity index (χ1) is 56.9. The lowest BCUT2D eigenvalue weighted by Crippen LogP contribution is -2.61. The van der Waals surface area contributed by atoms with Crippen LogP contribution in [0.2, 0.25) is 0 Å². The molecule has 0 bridgehead atoms. The fourth-order valence-corrected chi connectivity index (χ4v) is 19.1. The molecular formula is C110H81BN4O. The molecule has 3 aromatic heterocycles. The molecule has 550 valence electrons. The average molecular weight is 1490 g/mol. The summed E-state index contributed by atoms with van der Waals surface area (Å²) in [5, 5.41) is 6.78. The van der Waals surface area contributed by atoms with Crippen LogP contribution in [0.5, 0.6) is 0 Å². The van der Waals surface area contributed by atoms with Gasteiger partial charge in [0.2, 0.25) is 0 Å². The molecule has 17 aromatic carbocycles. The van der Waals surface area contributed by atoms with Crippen molar-refractivity contribution >= 4 is 123 Å². The van der Waals surface area contributed by atoms with Crippen LogP contribution in [-0.2, 0) is 10.8 Å². The van der Waals surface area contributed by atoms with E-state index in [0.29, 0.717) is 0 Å². The Morgan fingerprint density at radius 3 is 0.957 bits per heavy atom. The maximum absolute atomic E-state index is 7.32. The summed E-state index contributed by atoms with van der Waals surface area (Å²) in [5.74, 6) is 0. The Labute approximate surface area is 676 Å². The predicted octanol–water partition coefficient (Wildman–Crippen LogP) is 28.1. The Bertz CT molecular complexity index is 6830. The monoisotopic (exact) mass is 1480 g/mol. The van der Waals surface area contributed by atoms with Crippen molar-refractivity contribution in [3.63, 3.8) is 0 Å². The number of hydrogen-bond donors (Lipinski definition) is 0. The molecule has 0 fully saturated rings. The Hall–Kier alpha value is -14.2. The minimum atomic E-state index is -0.419. The molecule has 5 nitrogen and oxygen atoms in total. The second-order valence-electron chi connectivity index (χ2n) is 33.4. The van der Waals surface area contributed by atoms with Gasteiger partial charge in [-0.05, 0) is 168 Å². The van der Waals surface area contributed by atoms with E-state index in [4.69, 9.17) is 4.42 Å². The largest absolute Gasteiger partial charge is 0.455 e. The van der Waals surface area contributed by atoms with Gasteiger partial charge in [0.15, 0.2) is 0 Å². The summed E-state index contributed by atoms with van der Waals surface area (Å²) in [6.45, 7) is 13.7. The highest BCUT2D eigenvalue weighted by Gasteiger charge is 2.47. The molecule has 0 saturated carbocycles. The second-order valence-corrected chi connectivity index (χ2v) is 33.4. The van der Waals surface area contributed by atoms with Crippen molar-refractivity contribution in [3.8, 4) is 89.3 Å². The molecule has 0 spiro atoms. The number of furan rings is 1. The lowest BCUT2D eigenvalue weighted by atomic mass is 9.33. The third-order valence-electron chi connectivity index (χ3n) is 24.6. The lowest BCUT2D eigenvalue weighted by Gasteiger charge is -2.46. The Morgan fingerprint density at radius 1 is 0.233 bits per heavy atom. The number of rotatable bonds is 11. The minimum absolute atomic E-state index is 0.250. The van der Waals surface area contributed by atoms with Gasteiger partial charge in [0.25, 0.3) is 6.71 Å². The molecule has 6 heteroatoms. The van der Waals surface area contributed by atoms with Gasteiger partial charge < -0.3 is 23.4 Å². The van der Waals surface area contributed by atoms with E-state index in [9.17, 15) is 0 Å². The number of aromatic nitrogens is 2. The topological polar surface area (TPSA) is 29.5 Å². The van der Waals surface area contributed by atoms with E-state index >= 15 is 0 Å². The minimum Gasteiger partial charge on any atom is -0.455 e. The van der Waals surface area contributed by atoms with Gasteiger partial charge in [-0.2, -0.15) is 0 Å². The van der Waals surface area contributed by atoms with Crippen LogP contribution in [-0.4, -0.2) is 15.8 Å². The van der Waals surface area contributed by atoms with Gasteiger partial charge in [-0.15, -0.1) is 0 Å². The number of fused-ring (bicyclic) bond motifs is 13. The van der Waals surface area contributed by atoms with E-state index < -0.39 is 6.71 Å². The summed E-state index contributed by atoms with van der Waals surface area (Å²) in [7, 11) is 0. The quantitative estimate of drug-likeness (QED) is 0.121. The molecule has 2 aliphatic heterocycles.